The molecule has 2 unspecified atom stereocenters. The van der Waals surface area contributed by atoms with Crippen LogP contribution in [0.15, 0.2) is 54.6 Å². The number of nitro groups is 1. The minimum atomic E-state index is -0.714. The predicted molar refractivity (Wildman–Crippen MR) is 122 cm³/mol. The van der Waals surface area contributed by atoms with Crippen LogP contribution in [0.3, 0.4) is 0 Å². The highest BCUT2D eigenvalue weighted by Gasteiger charge is 2.35. The Morgan fingerprint density at radius 3 is 2.48 bits per heavy atom. The van der Waals surface area contributed by atoms with E-state index < -0.39 is 11.0 Å². The molecule has 166 valence electrons. The Kier molecular flexibility index (Phi) is 7.66. The van der Waals surface area contributed by atoms with Gasteiger partial charge in [0.05, 0.1) is 4.92 Å². The Morgan fingerprint density at radius 1 is 1.13 bits per heavy atom. The van der Waals surface area contributed by atoms with Crippen LogP contribution in [-0.2, 0) is 16.0 Å². The molecule has 0 spiro atoms. The van der Waals surface area contributed by atoms with Crippen molar-refractivity contribution in [2.45, 2.75) is 58.6 Å². The minimum Gasteiger partial charge on any atom is -0.461 e. The van der Waals surface area contributed by atoms with E-state index in [1.807, 2.05) is 30.3 Å². The molecule has 0 saturated heterocycles. The van der Waals surface area contributed by atoms with E-state index in [1.54, 1.807) is 18.2 Å². The van der Waals surface area contributed by atoms with E-state index in [2.05, 4.69) is 26.1 Å². The number of nitrogens with one attached hydrogen (secondary N) is 1. The summed E-state index contributed by atoms with van der Waals surface area (Å²) < 4.78 is 6.07. The number of carbonyl (C=O) groups is 1. The largest absolute Gasteiger partial charge is 0.461 e. The van der Waals surface area contributed by atoms with Crippen LogP contribution in [0.1, 0.15) is 45.6 Å². The maximum absolute atomic E-state index is 13.3. The molecule has 1 saturated carbocycles. The molecule has 1 fully saturated rings. The predicted octanol–water partition coefficient (Wildman–Crippen LogP) is 5.62. The van der Waals surface area contributed by atoms with Gasteiger partial charge in [0.25, 0.3) is 5.69 Å². The molecule has 0 aliphatic heterocycles. The molecule has 0 radical (unpaired) electrons. The number of nitro benzene ring substituents is 1. The monoisotopic (exact) mass is 424 g/mol. The molecule has 3 rings (SSSR count). The molecule has 0 heterocycles. The molecule has 1 N–H and O–H groups in total. The van der Waals surface area contributed by atoms with Gasteiger partial charge in [-0.25, -0.2) is 4.79 Å². The van der Waals surface area contributed by atoms with Gasteiger partial charge in [-0.1, -0.05) is 69.7 Å². The second-order valence-corrected chi connectivity index (χ2v) is 8.96. The van der Waals surface area contributed by atoms with Crippen molar-refractivity contribution in [1.82, 2.24) is 0 Å². The van der Waals surface area contributed by atoms with Gasteiger partial charge in [-0.15, -0.1) is 0 Å². The van der Waals surface area contributed by atoms with Gasteiger partial charge >= 0.3 is 5.97 Å². The summed E-state index contributed by atoms with van der Waals surface area (Å²) in [4.78, 5) is 24.3. The van der Waals surface area contributed by atoms with Gasteiger partial charge in [0.2, 0.25) is 0 Å². The summed E-state index contributed by atoms with van der Waals surface area (Å²) in [7, 11) is 0. The lowest BCUT2D eigenvalue weighted by Gasteiger charge is -2.37. The number of para-hydroxylation sites is 2. The number of hydrogen-bond donors (Lipinski definition) is 1. The fourth-order valence-corrected chi connectivity index (χ4v) is 4.47. The molecule has 6 heteroatoms. The highest BCUT2D eigenvalue weighted by molar-refractivity contribution is 5.81. The van der Waals surface area contributed by atoms with Gasteiger partial charge in [-0.3, -0.25) is 10.1 Å². The van der Waals surface area contributed by atoms with Crippen molar-refractivity contribution < 1.29 is 14.5 Å². The molecule has 0 bridgehead atoms. The molecule has 0 aromatic heterocycles. The maximum atomic E-state index is 13.3. The van der Waals surface area contributed by atoms with Crippen molar-refractivity contribution >= 4 is 17.3 Å². The topological polar surface area (TPSA) is 81.5 Å². The molecular formula is C25H32N2O4. The average molecular weight is 425 g/mol. The van der Waals surface area contributed by atoms with Crippen molar-refractivity contribution in [2.24, 2.45) is 17.8 Å². The Labute approximate surface area is 184 Å². The number of rotatable bonds is 8. The van der Waals surface area contributed by atoms with Crippen molar-refractivity contribution in [3.63, 3.8) is 0 Å². The van der Waals surface area contributed by atoms with Crippen LogP contribution in [0.4, 0.5) is 11.4 Å². The third-order valence-electron chi connectivity index (χ3n) is 6.23. The Hall–Kier alpha value is -2.89. The van der Waals surface area contributed by atoms with E-state index in [0.29, 0.717) is 29.9 Å². The highest BCUT2D eigenvalue weighted by Crippen LogP contribution is 2.36. The summed E-state index contributed by atoms with van der Waals surface area (Å²) in [5.74, 6) is 0.930. The minimum absolute atomic E-state index is 0.0558. The normalized spacial score (nSPS) is 22.0. The van der Waals surface area contributed by atoms with Crippen molar-refractivity contribution in [2.75, 3.05) is 5.32 Å². The number of carbonyl (C=O) groups excluding carboxylic acids is 1. The summed E-state index contributed by atoms with van der Waals surface area (Å²) in [5, 5.41) is 14.6. The zero-order chi connectivity index (χ0) is 22.4. The number of nitrogens with zero attached hydrogens (tertiary/aromatic N) is 1. The number of hydrogen-bond acceptors (Lipinski definition) is 5. The lowest BCUT2D eigenvalue weighted by atomic mass is 9.75. The first-order valence-corrected chi connectivity index (χ1v) is 11.1. The first kappa shape index (κ1) is 22.8. The molecular weight excluding hydrogens is 392 g/mol. The maximum Gasteiger partial charge on any atom is 0.329 e. The number of anilines is 1. The lowest BCUT2D eigenvalue weighted by molar-refractivity contribution is -0.384. The van der Waals surface area contributed by atoms with Crippen molar-refractivity contribution in [3.05, 3.63) is 70.3 Å². The summed E-state index contributed by atoms with van der Waals surface area (Å²) in [5.41, 5.74) is 1.23. The Bertz CT molecular complexity index is 884. The first-order valence-electron chi connectivity index (χ1n) is 11.1. The number of esters is 1. The van der Waals surface area contributed by atoms with E-state index in [0.717, 1.165) is 24.8 Å². The molecule has 6 nitrogen and oxygen atoms in total. The molecule has 1 aliphatic carbocycles. The van der Waals surface area contributed by atoms with Crippen LogP contribution in [0.25, 0.3) is 0 Å². The van der Waals surface area contributed by atoms with Crippen LogP contribution in [0.2, 0.25) is 0 Å². The Morgan fingerprint density at radius 2 is 1.81 bits per heavy atom. The van der Waals surface area contributed by atoms with Crippen LogP contribution < -0.4 is 5.32 Å². The van der Waals surface area contributed by atoms with Gasteiger partial charge in [-0.2, -0.15) is 0 Å². The lowest BCUT2D eigenvalue weighted by Crippen LogP contribution is -2.41. The molecule has 1 aliphatic rings. The van der Waals surface area contributed by atoms with E-state index >= 15 is 0 Å². The van der Waals surface area contributed by atoms with Crippen LogP contribution in [-0.4, -0.2) is 23.0 Å². The molecule has 2 aromatic rings. The van der Waals surface area contributed by atoms with Crippen molar-refractivity contribution in [3.8, 4) is 0 Å². The van der Waals surface area contributed by atoms with Gasteiger partial charge in [0.15, 0.2) is 0 Å². The van der Waals surface area contributed by atoms with Crippen LogP contribution >= 0.6 is 0 Å². The summed E-state index contributed by atoms with van der Waals surface area (Å²) in [6.07, 6.45) is 3.33. The van der Waals surface area contributed by atoms with Gasteiger partial charge in [-0.05, 0) is 42.2 Å². The Balaban J connectivity index is 1.83. The SMILES string of the molecule is CC1CC[C@@H](C(C)C)C(OC(=O)[C@@H](Cc2ccccc2)Nc2ccccc2[N+](=O)[O-])C1. The smallest absolute Gasteiger partial charge is 0.329 e. The summed E-state index contributed by atoms with van der Waals surface area (Å²) >= 11 is 0. The number of ether oxygens (including phenoxy) is 1. The molecule has 4 atom stereocenters. The zero-order valence-electron chi connectivity index (χ0n) is 18.5. The number of benzene rings is 2. The third kappa shape index (κ3) is 6.06. The summed E-state index contributed by atoms with van der Waals surface area (Å²) in [6, 6.07) is 15.3. The van der Waals surface area contributed by atoms with Gasteiger partial charge < -0.3 is 10.1 Å². The molecule has 0 amide bonds. The van der Waals surface area contributed by atoms with E-state index in [9.17, 15) is 14.9 Å². The van der Waals surface area contributed by atoms with E-state index in [-0.39, 0.29) is 17.8 Å². The highest BCUT2D eigenvalue weighted by atomic mass is 16.6. The second kappa shape index (κ2) is 10.4. The zero-order valence-corrected chi connectivity index (χ0v) is 18.5. The fourth-order valence-electron chi connectivity index (χ4n) is 4.47. The third-order valence-corrected chi connectivity index (χ3v) is 6.23. The van der Waals surface area contributed by atoms with Crippen LogP contribution in [0, 0.1) is 27.9 Å². The second-order valence-electron chi connectivity index (χ2n) is 8.96. The standard InChI is InChI=1S/C25H32N2O4/c1-17(2)20-14-13-18(3)15-24(20)31-25(28)22(16-19-9-5-4-6-10-19)26-21-11-7-8-12-23(21)27(29)30/h4-12,17-18,20,22,24,26H,13-16H2,1-3H3/t18?,20-,22+,24?/m0/s1. The molecule has 2 aromatic carbocycles. The average Bonchev–Trinajstić information content (AvgIpc) is 2.74. The fraction of sp³-hybridized carbons (Fsp3) is 0.480. The van der Waals surface area contributed by atoms with Crippen molar-refractivity contribution in [1.29, 1.82) is 0 Å². The van der Waals surface area contributed by atoms with Gasteiger partial charge in [0.1, 0.15) is 17.8 Å². The first-order chi connectivity index (χ1) is 14.8. The quantitative estimate of drug-likeness (QED) is 0.338. The van der Waals surface area contributed by atoms with E-state index in [1.165, 1.54) is 6.07 Å². The van der Waals surface area contributed by atoms with Gasteiger partial charge in [0, 0.05) is 12.5 Å². The molecule has 31 heavy (non-hydrogen) atoms. The van der Waals surface area contributed by atoms with E-state index in [4.69, 9.17) is 4.74 Å². The summed E-state index contributed by atoms with van der Waals surface area (Å²) in [6.45, 7) is 6.55. The van der Waals surface area contributed by atoms with Crippen LogP contribution in [0.5, 0.6) is 0 Å².